The molecule has 0 spiro atoms. The smallest absolute Gasteiger partial charge is 0.273 e. The van der Waals surface area contributed by atoms with Gasteiger partial charge in [-0.3, -0.25) is 9.78 Å². The van der Waals surface area contributed by atoms with E-state index < -0.39 is 0 Å². The zero-order valence-corrected chi connectivity index (χ0v) is 18.9. The number of hydrogen-bond acceptors (Lipinski definition) is 6. The summed E-state index contributed by atoms with van der Waals surface area (Å²) in [6, 6.07) is 13.2. The number of aryl methyl sites for hydroxylation is 1. The molecule has 7 heteroatoms. The molecule has 1 N–H and O–H groups in total. The van der Waals surface area contributed by atoms with E-state index in [-0.39, 0.29) is 23.1 Å². The molecular weight excluding hydrogens is 414 g/mol. The monoisotopic (exact) mass is 439 g/mol. The molecule has 7 nitrogen and oxygen atoms in total. The summed E-state index contributed by atoms with van der Waals surface area (Å²) in [5.74, 6) is 0.956. The molecule has 1 atom stereocenters. The third-order valence-corrected chi connectivity index (χ3v) is 6.00. The maximum Gasteiger partial charge on any atom is 0.273 e. The molecule has 33 heavy (non-hydrogen) atoms. The summed E-state index contributed by atoms with van der Waals surface area (Å²) in [5.41, 5.74) is 5.10. The van der Waals surface area contributed by atoms with Gasteiger partial charge in [-0.15, -0.1) is 0 Å². The maximum atomic E-state index is 13.0. The normalized spacial score (nSPS) is 16.8. The van der Waals surface area contributed by atoms with Crippen molar-refractivity contribution in [1.29, 1.82) is 0 Å². The lowest BCUT2D eigenvalue weighted by atomic mass is 9.74. The summed E-state index contributed by atoms with van der Waals surface area (Å²) in [5, 5.41) is 7.13. The third kappa shape index (κ3) is 4.39. The van der Waals surface area contributed by atoms with Crippen LogP contribution in [0.5, 0.6) is 0 Å². The van der Waals surface area contributed by atoms with Crippen molar-refractivity contribution in [3.8, 4) is 22.7 Å². The number of benzene rings is 1. The second-order valence-corrected chi connectivity index (χ2v) is 9.35. The van der Waals surface area contributed by atoms with Gasteiger partial charge in [0.05, 0.1) is 11.7 Å². The first-order chi connectivity index (χ1) is 15.9. The molecule has 1 aliphatic rings. The van der Waals surface area contributed by atoms with Crippen LogP contribution in [-0.2, 0) is 6.42 Å². The van der Waals surface area contributed by atoms with Crippen LogP contribution in [-0.4, -0.2) is 26.0 Å². The zero-order valence-electron chi connectivity index (χ0n) is 18.9. The van der Waals surface area contributed by atoms with E-state index in [1.165, 1.54) is 0 Å². The Bertz CT molecular complexity index is 1300. The van der Waals surface area contributed by atoms with Gasteiger partial charge in [-0.1, -0.05) is 48.8 Å². The van der Waals surface area contributed by atoms with E-state index in [1.807, 2.05) is 49.5 Å². The molecule has 1 aliphatic carbocycles. The molecule has 1 amide bonds. The second kappa shape index (κ2) is 8.24. The Hall–Kier alpha value is -3.87. The highest BCUT2D eigenvalue weighted by molar-refractivity contribution is 5.93. The lowest BCUT2D eigenvalue weighted by Gasteiger charge is -2.36. The van der Waals surface area contributed by atoms with Crippen molar-refractivity contribution >= 4 is 5.91 Å². The van der Waals surface area contributed by atoms with Gasteiger partial charge in [-0.05, 0) is 37.3 Å². The molecule has 1 unspecified atom stereocenters. The summed E-state index contributed by atoms with van der Waals surface area (Å²) in [7, 11) is 0. The lowest BCUT2D eigenvalue weighted by Crippen LogP contribution is -2.37. The summed E-state index contributed by atoms with van der Waals surface area (Å²) in [4.78, 5) is 26.5. The van der Waals surface area contributed by atoms with Gasteiger partial charge in [0.25, 0.3) is 5.91 Å². The van der Waals surface area contributed by atoms with Crippen LogP contribution < -0.4 is 5.32 Å². The number of rotatable bonds is 4. The average molecular weight is 440 g/mol. The number of carbonyl (C=O) groups is 1. The molecule has 0 fully saturated rings. The Morgan fingerprint density at radius 3 is 2.61 bits per heavy atom. The minimum Gasteiger partial charge on any atom is -0.355 e. The Labute approximate surface area is 192 Å². The highest BCUT2D eigenvalue weighted by Gasteiger charge is 2.35. The summed E-state index contributed by atoms with van der Waals surface area (Å²) < 4.78 is 5.44. The van der Waals surface area contributed by atoms with Crippen molar-refractivity contribution in [2.75, 3.05) is 0 Å². The fraction of sp³-hybridized carbons (Fsp3) is 0.269. The molecule has 0 radical (unpaired) electrons. The van der Waals surface area contributed by atoms with E-state index in [4.69, 9.17) is 9.51 Å². The van der Waals surface area contributed by atoms with Gasteiger partial charge in [0.2, 0.25) is 0 Å². The van der Waals surface area contributed by atoms with Crippen molar-refractivity contribution in [3.05, 3.63) is 83.6 Å². The van der Waals surface area contributed by atoms with Crippen molar-refractivity contribution in [2.24, 2.45) is 5.41 Å². The topological polar surface area (TPSA) is 93.8 Å². The Morgan fingerprint density at radius 2 is 1.85 bits per heavy atom. The van der Waals surface area contributed by atoms with E-state index in [1.54, 1.807) is 18.5 Å². The van der Waals surface area contributed by atoms with Crippen LogP contribution in [0.1, 0.15) is 53.6 Å². The van der Waals surface area contributed by atoms with Crippen LogP contribution in [0, 0.1) is 12.3 Å². The Morgan fingerprint density at radius 1 is 1.09 bits per heavy atom. The van der Waals surface area contributed by atoms with Gasteiger partial charge in [0, 0.05) is 41.3 Å². The standard InChI is InChI=1S/C26H25N5O2/c1-16-4-6-17(7-5-16)23-12-20(31-33-23)25(32)30-22-14-26(2,3)13-21-19(22)15-28-24(29-21)18-8-10-27-11-9-18/h4-12,15,22H,13-14H2,1-3H3,(H,30,32). The lowest BCUT2D eigenvalue weighted by molar-refractivity contribution is 0.0910. The predicted octanol–water partition coefficient (Wildman–Crippen LogP) is 4.95. The van der Waals surface area contributed by atoms with Crippen LogP contribution >= 0.6 is 0 Å². The Balaban J connectivity index is 1.40. The number of carbonyl (C=O) groups excluding carboxylic acids is 1. The molecule has 5 rings (SSSR count). The van der Waals surface area contributed by atoms with Gasteiger partial charge in [0.15, 0.2) is 17.3 Å². The van der Waals surface area contributed by atoms with E-state index in [0.29, 0.717) is 11.6 Å². The van der Waals surface area contributed by atoms with Crippen LogP contribution in [0.4, 0.5) is 0 Å². The highest BCUT2D eigenvalue weighted by Crippen LogP contribution is 2.40. The fourth-order valence-electron chi connectivity index (χ4n) is 4.28. The van der Waals surface area contributed by atoms with Crippen molar-refractivity contribution in [2.45, 2.75) is 39.7 Å². The van der Waals surface area contributed by atoms with Gasteiger partial charge in [-0.2, -0.15) is 0 Å². The molecule has 3 aromatic heterocycles. The molecule has 1 aromatic carbocycles. The number of nitrogens with one attached hydrogen (secondary N) is 1. The van der Waals surface area contributed by atoms with Crippen LogP contribution in [0.15, 0.2) is 65.6 Å². The minimum atomic E-state index is -0.274. The first-order valence-corrected chi connectivity index (χ1v) is 11.0. The number of hydrogen-bond donors (Lipinski definition) is 1. The fourth-order valence-corrected chi connectivity index (χ4v) is 4.28. The first-order valence-electron chi connectivity index (χ1n) is 11.0. The number of pyridine rings is 1. The number of fused-ring (bicyclic) bond motifs is 1. The zero-order chi connectivity index (χ0) is 23.0. The predicted molar refractivity (Wildman–Crippen MR) is 124 cm³/mol. The quantitative estimate of drug-likeness (QED) is 0.484. The molecule has 0 saturated heterocycles. The Kier molecular flexibility index (Phi) is 5.24. The molecule has 4 aromatic rings. The molecule has 3 heterocycles. The molecule has 0 bridgehead atoms. The molecular formula is C26H25N5O2. The average Bonchev–Trinajstić information content (AvgIpc) is 3.29. The number of aromatic nitrogens is 4. The van der Waals surface area contributed by atoms with E-state index >= 15 is 0 Å². The molecule has 0 aliphatic heterocycles. The van der Waals surface area contributed by atoms with Gasteiger partial charge in [-0.25, -0.2) is 9.97 Å². The minimum absolute atomic E-state index is 0.0221. The SMILES string of the molecule is Cc1ccc(-c2cc(C(=O)NC3CC(C)(C)Cc4nc(-c5ccncc5)ncc43)no2)cc1. The van der Waals surface area contributed by atoms with Gasteiger partial charge < -0.3 is 9.84 Å². The summed E-state index contributed by atoms with van der Waals surface area (Å²) >= 11 is 0. The van der Waals surface area contributed by atoms with E-state index in [0.717, 1.165) is 40.8 Å². The van der Waals surface area contributed by atoms with Crippen molar-refractivity contribution < 1.29 is 9.32 Å². The maximum absolute atomic E-state index is 13.0. The van der Waals surface area contributed by atoms with Gasteiger partial charge >= 0.3 is 0 Å². The second-order valence-electron chi connectivity index (χ2n) is 9.35. The molecule has 0 saturated carbocycles. The highest BCUT2D eigenvalue weighted by atomic mass is 16.5. The van der Waals surface area contributed by atoms with Crippen LogP contribution in [0.3, 0.4) is 0 Å². The third-order valence-electron chi connectivity index (χ3n) is 6.00. The van der Waals surface area contributed by atoms with E-state index in [2.05, 4.69) is 34.3 Å². The van der Waals surface area contributed by atoms with Crippen LogP contribution in [0.25, 0.3) is 22.7 Å². The van der Waals surface area contributed by atoms with Crippen molar-refractivity contribution in [1.82, 2.24) is 25.4 Å². The van der Waals surface area contributed by atoms with E-state index in [9.17, 15) is 4.79 Å². The first kappa shape index (κ1) is 21.0. The number of nitrogens with zero attached hydrogens (tertiary/aromatic N) is 4. The largest absolute Gasteiger partial charge is 0.355 e. The van der Waals surface area contributed by atoms with Gasteiger partial charge in [0.1, 0.15) is 0 Å². The van der Waals surface area contributed by atoms with Crippen molar-refractivity contribution in [3.63, 3.8) is 0 Å². The number of amides is 1. The summed E-state index contributed by atoms with van der Waals surface area (Å²) in [6.07, 6.45) is 6.89. The summed E-state index contributed by atoms with van der Waals surface area (Å²) in [6.45, 7) is 6.40. The van der Waals surface area contributed by atoms with Crippen LogP contribution in [0.2, 0.25) is 0 Å². The molecule has 166 valence electrons.